The lowest BCUT2D eigenvalue weighted by molar-refractivity contribution is -0.137. The van der Waals surface area contributed by atoms with Gasteiger partial charge in [0.2, 0.25) is 0 Å². The number of rotatable bonds is 4. The first-order chi connectivity index (χ1) is 13.3. The Morgan fingerprint density at radius 1 is 1.21 bits per heavy atom. The molecule has 0 radical (unpaired) electrons. The minimum Gasteiger partial charge on any atom is -0.336 e. The van der Waals surface area contributed by atoms with Crippen molar-refractivity contribution in [2.75, 3.05) is 6.54 Å². The van der Waals surface area contributed by atoms with Gasteiger partial charge in [-0.05, 0) is 43.3 Å². The van der Waals surface area contributed by atoms with Gasteiger partial charge in [0.15, 0.2) is 4.80 Å². The summed E-state index contributed by atoms with van der Waals surface area (Å²) < 4.78 is 39.8. The van der Waals surface area contributed by atoms with Crippen LogP contribution in [0.2, 0.25) is 0 Å². The number of aryl methyl sites for hydroxylation is 1. The van der Waals surface area contributed by atoms with E-state index in [-0.39, 0.29) is 0 Å². The molecule has 2 aromatic heterocycles. The summed E-state index contributed by atoms with van der Waals surface area (Å²) in [7, 11) is 0. The second kappa shape index (κ2) is 8.39. The number of urea groups is 1. The summed E-state index contributed by atoms with van der Waals surface area (Å²) >= 11 is 1.28. The van der Waals surface area contributed by atoms with E-state index in [1.807, 2.05) is 25.1 Å². The number of nitrogens with zero attached hydrogens (tertiary/aromatic N) is 3. The predicted molar refractivity (Wildman–Crippen MR) is 100 cm³/mol. The summed E-state index contributed by atoms with van der Waals surface area (Å²) in [6, 6.07) is 9.76. The van der Waals surface area contributed by atoms with Crippen molar-refractivity contribution in [1.29, 1.82) is 0 Å². The van der Waals surface area contributed by atoms with Gasteiger partial charge in [-0.15, -0.1) is 11.3 Å². The molecule has 0 bridgehead atoms. The third-order valence-corrected chi connectivity index (χ3v) is 4.72. The van der Waals surface area contributed by atoms with Gasteiger partial charge in [-0.25, -0.2) is 4.79 Å². The van der Waals surface area contributed by atoms with E-state index in [0.29, 0.717) is 23.5 Å². The van der Waals surface area contributed by atoms with Crippen molar-refractivity contribution in [2.45, 2.75) is 19.5 Å². The number of benzene rings is 1. The van der Waals surface area contributed by atoms with E-state index in [9.17, 15) is 18.0 Å². The van der Waals surface area contributed by atoms with Crippen LogP contribution in [0.4, 0.5) is 18.0 Å². The zero-order valence-corrected chi connectivity index (χ0v) is 15.7. The first-order valence-electron chi connectivity index (χ1n) is 8.42. The first kappa shape index (κ1) is 19.8. The molecule has 28 heavy (non-hydrogen) atoms. The Balaban J connectivity index is 1.74. The smallest absolute Gasteiger partial charge is 0.336 e. The fourth-order valence-corrected chi connectivity index (χ4v) is 3.33. The van der Waals surface area contributed by atoms with Gasteiger partial charge in [0, 0.05) is 41.6 Å². The van der Waals surface area contributed by atoms with Gasteiger partial charge in [-0.2, -0.15) is 18.2 Å². The Labute approximate surface area is 163 Å². The van der Waals surface area contributed by atoms with Gasteiger partial charge >= 0.3 is 12.2 Å². The Morgan fingerprint density at radius 3 is 2.61 bits per heavy atom. The van der Waals surface area contributed by atoms with Crippen molar-refractivity contribution in [1.82, 2.24) is 14.9 Å². The van der Waals surface area contributed by atoms with Crippen molar-refractivity contribution in [2.24, 2.45) is 4.99 Å². The summed E-state index contributed by atoms with van der Waals surface area (Å²) in [5.41, 5.74) is 0.626. The number of hydrogen-bond acceptors (Lipinski definition) is 3. The normalized spacial score (nSPS) is 12.2. The van der Waals surface area contributed by atoms with Crippen LogP contribution < -0.4 is 10.1 Å². The maximum absolute atomic E-state index is 12.7. The fraction of sp³-hybridized carbons (Fsp3) is 0.211. The highest BCUT2D eigenvalue weighted by molar-refractivity contribution is 7.09. The molecule has 0 saturated heterocycles. The van der Waals surface area contributed by atoms with Crippen LogP contribution in [0.5, 0.6) is 0 Å². The van der Waals surface area contributed by atoms with Crippen LogP contribution in [-0.4, -0.2) is 22.1 Å². The Hall–Kier alpha value is -2.94. The van der Waals surface area contributed by atoms with E-state index in [1.165, 1.54) is 23.5 Å². The van der Waals surface area contributed by atoms with E-state index in [2.05, 4.69) is 15.3 Å². The van der Waals surface area contributed by atoms with Gasteiger partial charge < -0.3 is 5.32 Å². The van der Waals surface area contributed by atoms with Crippen LogP contribution in [0.3, 0.4) is 0 Å². The molecule has 2 heterocycles. The number of amides is 2. The molecular formula is C19H17F3N4OS. The van der Waals surface area contributed by atoms with Crippen LogP contribution in [0.15, 0.2) is 59.9 Å². The van der Waals surface area contributed by atoms with Gasteiger partial charge in [-0.1, -0.05) is 6.07 Å². The van der Waals surface area contributed by atoms with E-state index < -0.39 is 17.8 Å². The number of carbonyl (C=O) groups excluding carboxylic acids is 1. The number of pyridine rings is 1. The molecule has 5 nitrogen and oxygen atoms in total. The second-order valence-corrected chi connectivity index (χ2v) is 7.17. The standard InChI is InChI=1S/C19H17F3N4OS/c1-13-12-26(16-7-5-14(6-8-16)19(20,21)22)18(28-13)25-17(27)24-11-9-15-4-2-3-10-23-15/h2-8,10,12H,9,11H2,1H3,(H,24,27)/b25-18-. The molecule has 0 saturated carbocycles. The molecule has 0 aliphatic heterocycles. The summed E-state index contributed by atoms with van der Waals surface area (Å²) in [5, 5.41) is 2.70. The van der Waals surface area contributed by atoms with Crippen molar-refractivity contribution in [3.63, 3.8) is 0 Å². The molecule has 0 fully saturated rings. The highest BCUT2D eigenvalue weighted by Gasteiger charge is 2.30. The number of nitrogens with one attached hydrogen (secondary N) is 1. The molecule has 0 atom stereocenters. The lowest BCUT2D eigenvalue weighted by Gasteiger charge is -2.08. The van der Waals surface area contributed by atoms with Gasteiger partial charge in [0.05, 0.1) is 5.56 Å². The van der Waals surface area contributed by atoms with Crippen molar-refractivity contribution < 1.29 is 18.0 Å². The number of thiazole rings is 1. The molecule has 0 spiro atoms. The van der Waals surface area contributed by atoms with E-state index in [0.717, 1.165) is 22.7 Å². The van der Waals surface area contributed by atoms with Crippen molar-refractivity contribution >= 4 is 17.4 Å². The molecule has 2 amide bonds. The second-order valence-electron chi connectivity index (χ2n) is 5.95. The summed E-state index contributed by atoms with van der Waals surface area (Å²) in [6.07, 6.45) is -0.408. The van der Waals surface area contributed by atoms with Crippen molar-refractivity contribution in [3.05, 3.63) is 75.8 Å². The summed E-state index contributed by atoms with van der Waals surface area (Å²) in [6.45, 7) is 2.22. The van der Waals surface area contributed by atoms with Crippen LogP contribution in [0.1, 0.15) is 16.1 Å². The van der Waals surface area contributed by atoms with Crippen molar-refractivity contribution in [3.8, 4) is 5.69 Å². The molecule has 3 aromatic rings. The summed E-state index contributed by atoms with van der Waals surface area (Å²) in [5.74, 6) is 0. The number of alkyl halides is 3. The molecule has 0 aliphatic carbocycles. The number of halogens is 3. The minimum absolute atomic E-state index is 0.379. The quantitative estimate of drug-likeness (QED) is 0.709. The Kier molecular flexibility index (Phi) is 5.93. The maximum atomic E-state index is 12.7. The SMILES string of the molecule is Cc1cn(-c2ccc(C(F)(F)F)cc2)/c(=N/C(=O)NCCc2ccccn2)s1. The van der Waals surface area contributed by atoms with Crippen LogP contribution in [-0.2, 0) is 12.6 Å². The van der Waals surface area contributed by atoms with E-state index in [1.54, 1.807) is 17.0 Å². The highest BCUT2D eigenvalue weighted by atomic mass is 32.1. The topological polar surface area (TPSA) is 59.3 Å². The maximum Gasteiger partial charge on any atom is 0.416 e. The lowest BCUT2D eigenvalue weighted by atomic mass is 10.2. The minimum atomic E-state index is -4.39. The molecule has 1 aromatic carbocycles. The number of aromatic nitrogens is 2. The average molecular weight is 406 g/mol. The zero-order chi connectivity index (χ0) is 20.1. The molecule has 1 N–H and O–H groups in total. The third kappa shape index (κ3) is 5.07. The number of hydrogen-bond donors (Lipinski definition) is 1. The predicted octanol–water partition coefficient (Wildman–Crippen LogP) is 4.11. The largest absolute Gasteiger partial charge is 0.416 e. The van der Waals surface area contributed by atoms with Gasteiger partial charge in [-0.3, -0.25) is 9.55 Å². The molecule has 0 aliphatic rings. The van der Waals surface area contributed by atoms with Crippen LogP contribution in [0.25, 0.3) is 5.69 Å². The fourth-order valence-electron chi connectivity index (χ4n) is 2.50. The lowest BCUT2D eigenvalue weighted by Crippen LogP contribution is -2.26. The highest BCUT2D eigenvalue weighted by Crippen LogP contribution is 2.29. The van der Waals surface area contributed by atoms with Gasteiger partial charge in [0.1, 0.15) is 0 Å². The Morgan fingerprint density at radius 2 is 1.96 bits per heavy atom. The van der Waals surface area contributed by atoms with Crippen LogP contribution >= 0.6 is 11.3 Å². The molecule has 9 heteroatoms. The van der Waals surface area contributed by atoms with E-state index >= 15 is 0 Å². The average Bonchev–Trinajstić information content (AvgIpc) is 3.02. The van der Waals surface area contributed by atoms with Crippen LogP contribution in [0, 0.1) is 6.92 Å². The Bertz CT molecular complexity index is 1010. The zero-order valence-electron chi connectivity index (χ0n) is 14.9. The number of carbonyl (C=O) groups is 1. The summed E-state index contributed by atoms with van der Waals surface area (Å²) in [4.78, 5) is 21.6. The molecule has 0 unspecified atom stereocenters. The molecule has 3 rings (SSSR count). The monoisotopic (exact) mass is 406 g/mol. The molecular weight excluding hydrogens is 389 g/mol. The van der Waals surface area contributed by atoms with Gasteiger partial charge in [0.25, 0.3) is 0 Å². The molecule has 146 valence electrons. The first-order valence-corrected chi connectivity index (χ1v) is 9.24. The third-order valence-electron chi connectivity index (χ3n) is 3.82. The van der Waals surface area contributed by atoms with E-state index in [4.69, 9.17) is 0 Å².